The Morgan fingerprint density at radius 2 is 1.36 bits per heavy atom. The second-order valence-electron chi connectivity index (χ2n) is 12.4. The molecular weight excluding hydrogens is 564 g/mol. The highest BCUT2D eigenvalue weighted by atomic mass is 16.6. The molecule has 0 bridgehead atoms. The summed E-state index contributed by atoms with van der Waals surface area (Å²) >= 11 is 0. The smallest absolute Gasteiger partial charge is 0.305 e. The number of carbonyl (C=O) groups is 5. The van der Waals surface area contributed by atoms with Crippen molar-refractivity contribution in [2.75, 3.05) is 13.2 Å². The lowest BCUT2D eigenvalue weighted by Gasteiger charge is -2.33. The average Bonchev–Trinajstić information content (AvgIpc) is 2.94. The number of hydrogen-bond donors (Lipinski definition) is 3. The number of esters is 2. The van der Waals surface area contributed by atoms with Crippen molar-refractivity contribution in [3.05, 3.63) is 12.2 Å². The van der Waals surface area contributed by atoms with Crippen LogP contribution in [-0.2, 0) is 33.4 Å². The molecule has 10 nitrogen and oxygen atoms in total. The maximum Gasteiger partial charge on any atom is 0.305 e. The molecule has 0 heterocycles. The zero-order valence-electron chi connectivity index (χ0n) is 28.0. The third kappa shape index (κ3) is 23.5. The van der Waals surface area contributed by atoms with Gasteiger partial charge < -0.3 is 25.2 Å². The molecule has 0 aromatic rings. The molecule has 2 unspecified atom stereocenters. The molecule has 2 atom stereocenters. The Balaban J connectivity index is 4.29. The first kappa shape index (κ1) is 41.1. The fraction of sp³-hybridized carbons (Fsp3) is 0.794. The molecule has 0 saturated carbocycles. The Morgan fingerprint density at radius 3 is 1.91 bits per heavy atom. The number of rotatable bonds is 27. The second kappa shape index (κ2) is 25.4. The largest absolute Gasteiger partial charge is 0.481 e. The SMILES string of the molecule is CCCCCCCCC=CCCCCCCCC(=O)NCCCC(CC(=O)O)NC(=O)C(OC(C)=O)C(C)(C)COC(C)=O. The van der Waals surface area contributed by atoms with Crippen LogP contribution in [0.25, 0.3) is 0 Å². The van der Waals surface area contributed by atoms with Gasteiger partial charge in [-0.1, -0.05) is 84.3 Å². The van der Waals surface area contributed by atoms with Crippen LogP contribution in [0.2, 0.25) is 0 Å². The minimum absolute atomic E-state index is 0.0383. The molecule has 10 heteroatoms. The van der Waals surface area contributed by atoms with E-state index >= 15 is 0 Å². The van der Waals surface area contributed by atoms with Crippen molar-refractivity contribution in [2.24, 2.45) is 5.41 Å². The van der Waals surface area contributed by atoms with E-state index in [-0.39, 0.29) is 18.9 Å². The molecule has 254 valence electrons. The highest BCUT2D eigenvalue weighted by Gasteiger charge is 2.40. The number of nitrogens with one attached hydrogen (secondary N) is 2. The van der Waals surface area contributed by atoms with E-state index < -0.39 is 41.4 Å². The molecule has 44 heavy (non-hydrogen) atoms. The number of ether oxygens (including phenoxy) is 2. The Labute approximate surface area is 265 Å². The van der Waals surface area contributed by atoms with Gasteiger partial charge in [-0.3, -0.25) is 24.0 Å². The highest BCUT2D eigenvalue weighted by molar-refractivity contribution is 5.85. The lowest BCUT2D eigenvalue weighted by atomic mass is 9.86. The summed E-state index contributed by atoms with van der Waals surface area (Å²) in [7, 11) is 0. The van der Waals surface area contributed by atoms with Crippen LogP contribution in [0.3, 0.4) is 0 Å². The monoisotopic (exact) mass is 624 g/mol. The third-order valence-corrected chi connectivity index (χ3v) is 7.36. The van der Waals surface area contributed by atoms with Crippen molar-refractivity contribution in [3.8, 4) is 0 Å². The Kier molecular flexibility index (Phi) is 23.7. The van der Waals surface area contributed by atoms with Crippen LogP contribution < -0.4 is 10.6 Å². The van der Waals surface area contributed by atoms with Crippen molar-refractivity contribution in [1.82, 2.24) is 10.6 Å². The third-order valence-electron chi connectivity index (χ3n) is 7.36. The Morgan fingerprint density at radius 1 is 0.795 bits per heavy atom. The molecule has 0 aliphatic heterocycles. The van der Waals surface area contributed by atoms with Gasteiger partial charge in [0.15, 0.2) is 6.10 Å². The molecule has 0 aromatic carbocycles. The first-order chi connectivity index (χ1) is 20.9. The van der Waals surface area contributed by atoms with Crippen molar-refractivity contribution in [2.45, 2.75) is 156 Å². The van der Waals surface area contributed by atoms with Crippen LogP contribution in [0.15, 0.2) is 12.2 Å². The normalized spacial score (nSPS) is 12.8. The number of aliphatic carboxylic acids is 1. The molecule has 0 aliphatic carbocycles. The molecule has 3 N–H and O–H groups in total. The summed E-state index contributed by atoms with van der Waals surface area (Å²) in [6.07, 6.45) is 19.8. The number of allylic oxidation sites excluding steroid dienone is 2. The topological polar surface area (TPSA) is 148 Å². The standard InChI is InChI=1S/C34H60N2O8/c1-6-7-8-9-10-11-12-13-14-15-16-17-18-19-20-23-30(39)35-24-21-22-29(25-31(40)41)36-33(42)32(44-28(3)38)34(4,5)26-43-27(2)37/h13-14,29,32H,6-12,15-26H2,1-5H3,(H,35,39)(H,36,42)(H,40,41). The Bertz CT molecular complexity index is 871. The van der Waals surface area contributed by atoms with E-state index in [1.54, 1.807) is 13.8 Å². The zero-order chi connectivity index (χ0) is 33.2. The number of carboxylic acids is 1. The van der Waals surface area contributed by atoms with Crippen molar-refractivity contribution in [3.63, 3.8) is 0 Å². The maximum atomic E-state index is 13.0. The van der Waals surface area contributed by atoms with E-state index in [1.165, 1.54) is 64.7 Å². The molecular formula is C34H60N2O8. The number of hydrogen-bond acceptors (Lipinski definition) is 7. The predicted molar refractivity (Wildman–Crippen MR) is 172 cm³/mol. The van der Waals surface area contributed by atoms with Crippen molar-refractivity contribution < 1.29 is 38.6 Å². The number of unbranched alkanes of at least 4 members (excludes halogenated alkanes) is 11. The lowest BCUT2D eigenvalue weighted by molar-refractivity contribution is -0.167. The molecule has 0 rings (SSSR count). The van der Waals surface area contributed by atoms with E-state index in [9.17, 15) is 29.1 Å². The first-order valence-electron chi connectivity index (χ1n) is 16.6. The van der Waals surface area contributed by atoms with Gasteiger partial charge in [0.05, 0.1) is 6.42 Å². The van der Waals surface area contributed by atoms with Crippen molar-refractivity contribution >= 4 is 29.7 Å². The van der Waals surface area contributed by atoms with Gasteiger partial charge >= 0.3 is 17.9 Å². The summed E-state index contributed by atoms with van der Waals surface area (Å²) in [5.74, 6) is -3.03. The number of carbonyl (C=O) groups excluding carboxylic acids is 4. The zero-order valence-corrected chi connectivity index (χ0v) is 28.0. The Hall–Kier alpha value is -2.91. The molecule has 0 aliphatic rings. The van der Waals surface area contributed by atoms with Crippen molar-refractivity contribution in [1.29, 1.82) is 0 Å². The van der Waals surface area contributed by atoms with Gasteiger partial charge in [0, 0.05) is 38.3 Å². The van der Waals surface area contributed by atoms with E-state index in [0.29, 0.717) is 25.8 Å². The summed E-state index contributed by atoms with van der Waals surface area (Å²) in [6.45, 7) is 8.06. The number of amides is 2. The van der Waals surface area contributed by atoms with E-state index in [0.717, 1.165) is 32.6 Å². The molecule has 2 amide bonds. The number of carboxylic acid groups (broad SMARTS) is 1. The molecule has 0 saturated heterocycles. The van der Waals surface area contributed by atoms with E-state index in [1.807, 2.05) is 0 Å². The van der Waals surface area contributed by atoms with Gasteiger partial charge in [-0.05, 0) is 44.9 Å². The van der Waals surface area contributed by atoms with E-state index in [2.05, 4.69) is 29.7 Å². The summed E-state index contributed by atoms with van der Waals surface area (Å²) in [5.41, 5.74) is -1.05. The van der Waals surface area contributed by atoms with Crippen LogP contribution in [-0.4, -0.2) is 60.1 Å². The molecule has 0 aromatic heterocycles. The van der Waals surface area contributed by atoms with Crippen LogP contribution in [0.5, 0.6) is 0 Å². The maximum absolute atomic E-state index is 13.0. The minimum Gasteiger partial charge on any atom is -0.481 e. The minimum atomic E-state index is -1.29. The average molecular weight is 625 g/mol. The summed E-state index contributed by atoms with van der Waals surface area (Å²) in [6, 6.07) is -0.732. The summed E-state index contributed by atoms with van der Waals surface area (Å²) < 4.78 is 10.3. The summed E-state index contributed by atoms with van der Waals surface area (Å²) in [5, 5.41) is 14.9. The van der Waals surface area contributed by atoms with Crippen LogP contribution in [0.4, 0.5) is 0 Å². The van der Waals surface area contributed by atoms with Crippen LogP contribution in [0.1, 0.15) is 144 Å². The molecule has 0 radical (unpaired) electrons. The predicted octanol–water partition coefficient (Wildman–Crippen LogP) is 6.40. The van der Waals surface area contributed by atoms with Crippen LogP contribution in [0, 0.1) is 5.41 Å². The first-order valence-corrected chi connectivity index (χ1v) is 16.6. The van der Waals surface area contributed by atoms with Gasteiger partial charge in [-0.15, -0.1) is 0 Å². The van der Waals surface area contributed by atoms with Gasteiger partial charge in [0.2, 0.25) is 5.91 Å². The van der Waals surface area contributed by atoms with E-state index in [4.69, 9.17) is 9.47 Å². The summed E-state index contributed by atoms with van der Waals surface area (Å²) in [4.78, 5) is 59.6. The fourth-order valence-electron chi connectivity index (χ4n) is 4.83. The van der Waals surface area contributed by atoms with Gasteiger partial charge in [0.1, 0.15) is 6.61 Å². The van der Waals surface area contributed by atoms with Gasteiger partial charge in [0.25, 0.3) is 5.91 Å². The molecule has 0 spiro atoms. The van der Waals surface area contributed by atoms with Gasteiger partial charge in [-0.25, -0.2) is 0 Å². The quantitative estimate of drug-likeness (QED) is 0.0540. The molecule has 0 fully saturated rings. The fourth-order valence-corrected chi connectivity index (χ4v) is 4.83. The lowest BCUT2D eigenvalue weighted by Crippen LogP contribution is -2.51. The van der Waals surface area contributed by atoms with Gasteiger partial charge in [-0.2, -0.15) is 0 Å². The van der Waals surface area contributed by atoms with Crippen LogP contribution >= 0.6 is 0 Å². The highest BCUT2D eigenvalue weighted by Crippen LogP contribution is 2.25. The second-order valence-corrected chi connectivity index (χ2v) is 12.4.